The molecule has 0 spiro atoms. The molecule has 0 amide bonds. The maximum atomic E-state index is 10.5. The van der Waals surface area contributed by atoms with Crippen LogP contribution in [-0.2, 0) is 0 Å². The Morgan fingerprint density at radius 1 is 1.12 bits per heavy atom. The zero-order valence-corrected chi connectivity index (χ0v) is 10.6. The van der Waals surface area contributed by atoms with Gasteiger partial charge >= 0.3 is 0 Å². The lowest BCUT2D eigenvalue weighted by molar-refractivity contribution is -0.384. The third-order valence-electron chi connectivity index (χ3n) is 2.55. The third kappa shape index (κ3) is 2.53. The highest BCUT2D eigenvalue weighted by molar-refractivity contribution is 7.54. The van der Waals surface area contributed by atoms with Crippen molar-refractivity contribution < 1.29 is 4.92 Å². The second-order valence-electron chi connectivity index (χ2n) is 3.93. The second-order valence-corrected chi connectivity index (χ2v) is 6.09. The van der Waals surface area contributed by atoms with E-state index in [1.807, 2.05) is 12.3 Å². The van der Waals surface area contributed by atoms with Crippen LogP contribution in [0.1, 0.15) is 0 Å². The van der Waals surface area contributed by atoms with Crippen molar-refractivity contribution in [3.05, 3.63) is 52.8 Å². The first-order valence-electron chi connectivity index (χ1n) is 5.18. The Kier molecular flexibility index (Phi) is 3.25. The van der Waals surface area contributed by atoms with Gasteiger partial charge in [0.25, 0.3) is 5.69 Å². The SMILES string of the molecule is CP(C)n1ccc(-c2ccc([N+](=O)[O-])cc2)c1. The van der Waals surface area contributed by atoms with Gasteiger partial charge in [-0.1, -0.05) is 0 Å². The Balaban J connectivity index is 2.30. The first kappa shape index (κ1) is 11.8. The van der Waals surface area contributed by atoms with Crippen molar-refractivity contribution in [2.45, 2.75) is 0 Å². The first-order chi connectivity index (χ1) is 8.08. The molecule has 0 fully saturated rings. The summed E-state index contributed by atoms with van der Waals surface area (Å²) < 4.78 is 2.17. The summed E-state index contributed by atoms with van der Waals surface area (Å²) in [6, 6.07) is 8.67. The normalized spacial score (nSPS) is 10.8. The molecule has 0 unspecified atom stereocenters. The molecule has 0 aliphatic heterocycles. The summed E-state index contributed by atoms with van der Waals surface area (Å²) >= 11 is 0. The molecule has 0 saturated heterocycles. The van der Waals surface area contributed by atoms with Crippen LogP contribution < -0.4 is 0 Å². The molecular weight excluding hydrogens is 235 g/mol. The molecule has 0 aliphatic carbocycles. The van der Waals surface area contributed by atoms with Crippen LogP contribution in [0.4, 0.5) is 5.69 Å². The highest BCUT2D eigenvalue weighted by atomic mass is 31.1. The van der Waals surface area contributed by atoms with Gasteiger partial charge in [0.2, 0.25) is 0 Å². The van der Waals surface area contributed by atoms with Gasteiger partial charge in [0, 0.05) is 24.5 Å². The minimum Gasteiger partial charge on any atom is -0.333 e. The van der Waals surface area contributed by atoms with E-state index in [4.69, 9.17) is 0 Å². The van der Waals surface area contributed by atoms with E-state index in [0.29, 0.717) is 0 Å². The van der Waals surface area contributed by atoms with E-state index in [1.54, 1.807) is 12.1 Å². The van der Waals surface area contributed by atoms with Crippen LogP contribution in [0.3, 0.4) is 0 Å². The molecule has 1 aromatic heterocycles. The van der Waals surface area contributed by atoms with E-state index < -0.39 is 0 Å². The Morgan fingerprint density at radius 3 is 2.24 bits per heavy atom. The molecule has 0 saturated carbocycles. The highest BCUT2D eigenvalue weighted by Gasteiger charge is 2.06. The zero-order chi connectivity index (χ0) is 12.4. The summed E-state index contributed by atoms with van der Waals surface area (Å²) in [6.45, 7) is 4.35. The van der Waals surface area contributed by atoms with Crippen LogP contribution >= 0.6 is 8.07 Å². The predicted molar refractivity (Wildman–Crippen MR) is 70.7 cm³/mol. The number of nitrogens with zero attached hydrogens (tertiary/aromatic N) is 2. The molecule has 2 rings (SSSR count). The van der Waals surface area contributed by atoms with Crippen LogP contribution in [0.5, 0.6) is 0 Å². The van der Waals surface area contributed by atoms with Crippen molar-refractivity contribution in [2.75, 3.05) is 13.3 Å². The number of non-ortho nitro benzene ring substituents is 1. The topological polar surface area (TPSA) is 48.1 Å². The van der Waals surface area contributed by atoms with Crippen LogP contribution in [0.2, 0.25) is 0 Å². The van der Waals surface area contributed by atoms with Crippen molar-refractivity contribution in [3.8, 4) is 11.1 Å². The molecule has 4 nitrogen and oxygen atoms in total. The minimum absolute atomic E-state index is 0.126. The van der Waals surface area contributed by atoms with Crippen molar-refractivity contribution in [1.29, 1.82) is 0 Å². The third-order valence-corrected chi connectivity index (χ3v) is 3.72. The van der Waals surface area contributed by atoms with E-state index >= 15 is 0 Å². The molecular formula is C12H13N2O2P. The van der Waals surface area contributed by atoms with Crippen LogP contribution in [0.15, 0.2) is 42.7 Å². The summed E-state index contributed by atoms with van der Waals surface area (Å²) in [6.07, 6.45) is 4.12. The summed E-state index contributed by atoms with van der Waals surface area (Å²) in [4.78, 5) is 10.2. The Bertz CT molecular complexity index is 532. The average molecular weight is 248 g/mol. The largest absolute Gasteiger partial charge is 0.333 e. The lowest BCUT2D eigenvalue weighted by atomic mass is 10.1. The van der Waals surface area contributed by atoms with Crippen molar-refractivity contribution in [1.82, 2.24) is 4.34 Å². The van der Waals surface area contributed by atoms with Gasteiger partial charge < -0.3 is 4.34 Å². The van der Waals surface area contributed by atoms with Gasteiger partial charge in [-0.15, -0.1) is 0 Å². The molecule has 0 bridgehead atoms. The fraction of sp³-hybridized carbons (Fsp3) is 0.167. The molecule has 17 heavy (non-hydrogen) atoms. The Labute approximate surface area is 101 Å². The summed E-state index contributed by atoms with van der Waals surface area (Å²) in [7, 11) is -0.173. The Morgan fingerprint density at radius 2 is 1.76 bits per heavy atom. The molecule has 88 valence electrons. The number of nitro groups is 1. The number of hydrogen-bond donors (Lipinski definition) is 0. The standard InChI is InChI=1S/C12H13N2O2P/c1-17(2)13-8-7-11(9-13)10-3-5-12(6-4-10)14(15)16/h3-9H,1-2H3. The lowest BCUT2D eigenvalue weighted by Crippen LogP contribution is -1.87. The van der Waals surface area contributed by atoms with E-state index in [9.17, 15) is 10.1 Å². The predicted octanol–water partition coefficient (Wildman–Crippen LogP) is 3.57. The van der Waals surface area contributed by atoms with E-state index in [1.165, 1.54) is 12.1 Å². The van der Waals surface area contributed by atoms with E-state index in [-0.39, 0.29) is 18.7 Å². The van der Waals surface area contributed by atoms with Crippen molar-refractivity contribution in [3.63, 3.8) is 0 Å². The molecule has 5 heteroatoms. The number of benzene rings is 1. The van der Waals surface area contributed by atoms with Gasteiger partial charge in [0.05, 0.1) is 4.92 Å². The maximum Gasteiger partial charge on any atom is 0.269 e. The van der Waals surface area contributed by atoms with Gasteiger partial charge in [0.1, 0.15) is 0 Å². The fourth-order valence-electron chi connectivity index (χ4n) is 1.58. The summed E-state index contributed by atoms with van der Waals surface area (Å²) in [5.41, 5.74) is 2.23. The van der Waals surface area contributed by atoms with Crippen LogP contribution in [-0.4, -0.2) is 22.6 Å². The molecule has 0 radical (unpaired) electrons. The molecule has 0 aliphatic rings. The van der Waals surface area contributed by atoms with Gasteiger partial charge in [-0.05, 0) is 50.7 Å². The molecule has 1 heterocycles. The number of aromatic nitrogens is 1. The first-order valence-corrected chi connectivity index (χ1v) is 7.37. The average Bonchev–Trinajstić information content (AvgIpc) is 2.78. The monoisotopic (exact) mass is 248 g/mol. The Hall–Kier alpha value is -1.67. The number of rotatable bonds is 3. The van der Waals surface area contributed by atoms with Gasteiger partial charge in [-0.3, -0.25) is 10.1 Å². The maximum absolute atomic E-state index is 10.5. The molecule has 2 aromatic rings. The van der Waals surface area contributed by atoms with Gasteiger partial charge in [0.15, 0.2) is 0 Å². The van der Waals surface area contributed by atoms with E-state index in [2.05, 4.69) is 23.9 Å². The minimum atomic E-state index is -0.383. The molecule has 0 atom stereocenters. The fourth-order valence-corrected chi connectivity index (χ4v) is 2.27. The quantitative estimate of drug-likeness (QED) is 0.473. The van der Waals surface area contributed by atoms with Gasteiger partial charge in [-0.2, -0.15) is 0 Å². The smallest absolute Gasteiger partial charge is 0.269 e. The van der Waals surface area contributed by atoms with Gasteiger partial charge in [-0.25, -0.2) is 0 Å². The van der Waals surface area contributed by atoms with Crippen LogP contribution in [0, 0.1) is 10.1 Å². The molecule has 1 aromatic carbocycles. The second kappa shape index (κ2) is 4.68. The van der Waals surface area contributed by atoms with E-state index in [0.717, 1.165) is 11.1 Å². The zero-order valence-electron chi connectivity index (χ0n) is 9.70. The van der Waals surface area contributed by atoms with Crippen molar-refractivity contribution >= 4 is 13.8 Å². The summed E-state index contributed by atoms with van der Waals surface area (Å²) in [5.74, 6) is 0. The summed E-state index contributed by atoms with van der Waals surface area (Å²) in [5, 5.41) is 10.5. The lowest BCUT2D eigenvalue weighted by Gasteiger charge is -2.05. The molecule has 0 N–H and O–H groups in total. The number of nitro benzene ring substituents is 1. The number of hydrogen-bond acceptors (Lipinski definition) is 2. The highest BCUT2D eigenvalue weighted by Crippen LogP contribution is 2.31. The van der Waals surface area contributed by atoms with Crippen LogP contribution in [0.25, 0.3) is 11.1 Å². The van der Waals surface area contributed by atoms with Crippen molar-refractivity contribution in [2.24, 2.45) is 0 Å².